The molecule has 0 radical (unpaired) electrons. The number of hydrogen-bond donors (Lipinski definition) is 1. The maximum Gasteiger partial charge on any atom is 0.157 e. The molecule has 1 fully saturated rings. The quantitative estimate of drug-likeness (QED) is 0.894. The molecule has 3 heteroatoms. The van der Waals surface area contributed by atoms with Gasteiger partial charge in [0.25, 0.3) is 0 Å². The fourth-order valence-corrected chi connectivity index (χ4v) is 3.78. The van der Waals surface area contributed by atoms with Gasteiger partial charge in [-0.25, -0.2) is 0 Å². The van der Waals surface area contributed by atoms with Gasteiger partial charge in [0, 0.05) is 10.8 Å². The van der Waals surface area contributed by atoms with Crippen molar-refractivity contribution in [3.05, 3.63) is 22.4 Å². The van der Waals surface area contributed by atoms with Crippen molar-refractivity contribution >= 4 is 17.1 Å². The summed E-state index contributed by atoms with van der Waals surface area (Å²) < 4.78 is 0. The highest BCUT2D eigenvalue weighted by Crippen LogP contribution is 2.35. The van der Waals surface area contributed by atoms with Crippen LogP contribution in [0.1, 0.15) is 44.0 Å². The number of thiophene rings is 1. The first-order chi connectivity index (χ1) is 8.08. The van der Waals surface area contributed by atoms with Crippen molar-refractivity contribution in [1.82, 2.24) is 0 Å². The zero-order chi connectivity index (χ0) is 12.4. The summed E-state index contributed by atoms with van der Waals surface area (Å²) >= 11 is 1.58. The minimum atomic E-state index is -0.405. The van der Waals surface area contributed by atoms with Crippen molar-refractivity contribution in [2.24, 2.45) is 23.5 Å². The molecule has 1 aliphatic carbocycles. The number of carbonyl (C=O) groups excluding carboxylic acids is 1. The molecule has 1 saturated carbocycles. The third-order valence-corrected chi connectivity index (χ3v) is 4.69. The first-order valence-corrected chi connectivity index (χ1v) is 7.28. The van der Waals surface area contributed by atoms with Crippen LogP contribution in [0, 0.1) is 17.8 Å². The van der Waals surface area contributed by atoms with Crippen molar-refractivity contribution < 1.29 is 4.79 Å². The smallest absolute Gasteiger partial charge is 0.157 e. The molecule has 0 aliphatic heterocycles. The summed E-state index contributed by atoms with van der Waals surface area (Å²) in [7, 11) is 0. The summed E-state index contributed by atoms with van der Waals surface area (Å²) in [6.45, 7) is 4.49. The summed E-state index contributed by atoms with van der Waals surface area (Å²) in [5, 5.41) is 1.98. The highest BCUT2D eigenvalue weighted by Gasteiger charge is 2.32. The maximum absolute atomic E-state index is 12.4. The minimum absolute atomic E-state index is 0.172. The predicted molar refractivity (Wildman–Crippen MR) is 71.9 cm³/mol. The van der Waals surface area contributed by atoms with Crippen LogP contribution in [0.5, 0.6) is 0 Å². The summed E-state index contributed by atoms with van der Waals surface area (Å²) in [4.78, 5) is 13.4. The standard InChI is InChI=1S/C14H21NOS/c1-9-6-10(2)8-11(7-9)14(16)13(15)12-4-3-5-17-12/h3-5,9-11,13H,6-8,15H2,1-2H3. The van der Waals surface area contributed by atoms with Gasteiger partial charge in [-0.2, -0.15) is 0 Å². The average molecular weight is 251 g/mol. The van der Waals surface area contributed by atoms with Crippen LogP contribution in [0.2, 0.25) is 0 Å². The average Bonchev–Trinajstić information content (AvgIpc) is 2.79. The lowest BCUT2D eigenvalue weighted by atomic mass is 9.74. The van der Waals surface area contributed by atoms with Crippen molar-refractivity contribution in [2.45, 2.75) is 39.2 Å². The summed E-state index contributed by atoms with van der Waals surface area (Å²) in [5.74, 6) is 1.73. The van der Waals surface area contributed by atoms with Crippen molar-refractivity contribution in [3.63, 3.8) is 0 Å². The minimum Gasteiger partial charge on any atom is -0.317 e. The van der Waals surface area contributed by atoms with Gasteiger partial charge in [0.05, 0.1) is 6.04 Å². The predicted octanol–water partition coefficient (Wildman–Crippen LogP) is 3.39. The summed E-state index contributed by atoms with van der Waals surface area (Å²) in [6.07, 6.45) is 3.28. The molecular formula is C14H21NOS. The molecule has 3 atom stereocenters. The topological polar surface area (TPSA) is 43.1 Å². The lowest BCUT2D eigenvalue weighted by Crippen LogP contribution is -2.32. The van der Waals surface area contributed by atoms with Gasteiger partial charge in [0.2, 0.25) is 0 Å². The van der Waals surface area contributed by atoms with E-state index in [1.54, 1.807) is 11.3 Å². The van der Waals surface area contributed by atoms with Crippen LogP contribution in [0.3, 0.4) is 0 Å². The van der Waals surface area contributed by atoms with Crippen LogP contribution in [0.15, 0.2) is 17.5 Å². The normalized spacial score (nSPS) is 31.1. The third-order valence-electron chi connectivity index (χ3n) is 3.74. The second-order valence-corrected chi connectivity index (χ2v) is 6.49. The molecule has 0 saturated heterocycles. The molecule has 0 aromatic carbocycles. The molecule has 2 N–H and O–H groups in total. The first-order valence-electron chi connectivity index (χ1n) is 6.40. The number of hydrogen-bond acceptors (Lipinski definition) is 3. The van der Waals surface area contributed by atoms with Crippen molar-refractivity contribution in [1.29, 1.82) is 0 Å². The van der Waals surface area contributed by atoms with Gasteiger partial charge in [-0.3, -0.25) is 4.79 Å². The molecule has 0 amide bonds. The first kappa shape index (κ1) is 12.8. The Bertz CT molecular complexity index is 364. The molecular weight excluding hydrogens is 230 g/mol. The third kappa shape index (κ3) is 2.96. The number of nitrogens with two attached hydrogens (primary N) is 1. The molecule has 1 aromatic heterocycles. The fraction of sp³-hybridized carbons (Fsp3) is 0.643. The van der Waals surface area contributed by atoms with Gasteiger partial charge in [-0.05, 0) is 42.5 Å². The van der Waals surface area contributed by atoms with E-state index in [-0.39, 0.29) is 11.7 Å². The molecule has 0 spiro atoms. The van der Waals surface area contributed by atoms with Gasteiger partial charge in [-0.1, -0.05) is 19.9 Å². The zero-order valence-electron chi connectivity index (χ0n) is 10.6. The van der Waals surface area contributed by atoms with E-state index in [4.69, 9.17) is 5.73 Å². The number of carbonyl (C=O) groups is 1. The molecule has 94 valence electrons. The molecule has 1 heterocycles. The highest BCUT2D eigenvalue weighted by molar-refractivity contribution is 7.10. The Balaban J connectivity index is 2.04. The largest absolute Gasteiger partial charge is 0.317 e. The fourth-order valence-electron chi connectivity index (χ4n) is 3.04. The Morgan fingerprint density at radius 3 is 2.53 bits per heavy atom. The molecule has 0 bridgehead atoms. The highest BCUT2D eigenvalue weighted by atomic mass is 32.1. The molecule has 2 nitrogen and oxygen atoms in total. The van der Waals surface area contributed by atoms with E-state index < -0.39 is 6.04 Å². The van der Waals surface area contributed by atoms with Crippen molar-refractivity contribution in [3.8, 4) is 0 Å². The lowest BCUT2D eigenvalue weighted by Gasteiger charge is -2.31. The number of ketones is 1. The number of rotatable bonds is 3. The van der Waals surface area contributed by atoms with Crippen LogP contribution in [-0.4, -0.2) is 5.78 Å². The van der Waals surface area contributed by atoms with Crippen molar-refractivity contribution in [2.75, 3.05) is 0 Å². The zero-order valence-corrected chi connectivity index (χ0v) is 11.4. The number of Topliss-reactive ketones (excluding diaryl/α,β-unsaturated/α-hetero) is 1. The van der Waals surface area contributed by atoms with E-state index in [2.05, 4.69) is 13.8 Å². The van der Waals surface area contributed by atoms with Crippen LogP contribution >= 0.6 is 11.3 Å². The van der Waals surface area contributed by atoms with Gasteiger partial charge < -0.3 is 5.73 Å². The molecule has 1 aromatic rings. The van der Waals surface area contributed by atoms with Crippen LogP contribution in [0.25, 0.3) is 0 Å². The van der Waals surface area contributed by atoms with Gasteiger partial charge in [0.15, 0.2) is 5.78 Å². The van der Waals surface area contributed by atoms with E-state index in [0.29, 0.717) is 11.8 Å². The molecule has 2 rings (SSSR count). The Hall–Kier alpha value is -0.670. The molecule has 17 heavy (non-hydrogen) atoms. The Morgan fingerprint density at radius 2 is 2.00 bits per heavy atom. The van der Waals surface area contributed by atoms with E-state index >= 15 is 0 Å². The lowest BCUT2D eigenvalue weighted by molar-refractivity contribution is -0.126. The Labute approximate surface area is 107 Å². The van der Waals surface area contributed by atoms with Crippen LogP contribution < -0.4 is 5.73 Å². The van der Waals surface area contributed by atoms with E-state index in [0.717, 1.165) is 17.7 Å². The maximum atomic E-state index is 12.4. The molecule has 1 aliphatic rings. The Kier molecular flexibility index (Phi) is 4.00. The molecule has 3 unspecified atom stereocenters. The van der Waals surface area contributed by atoms with Gasteiger partial charge in [-0.15, -0.1) is 11.3 Å². The SMILES string of the molecule is CC1CC(C)CC(C(=O)C(N)c2cccs2)C1. The monoisotopic (exact) mass is 251 g/mol. The second kappa shape index (κ2) is 5.32. The summed E-state index contributed by atoms with van der Waals surface area (Å²) in [5.41, 5.74) is 6.07. The van der Waals surface area contributed by atoms with E-state index in [9.17, 15) is 4.79 Å². The second-order valence-electron chi connectivity index (χ2n) is 5.51. The van der Waals surface area contributed by atoms with Gasteiger partial charge in [0.1, 0.15) is 0 Å². The van der Waals surface area contributed by atoms with E-state index in [1.807, 2.05) is 17.5 Å². The summed E-state index contributed by atoms with van der Waals surface area (Å²) in [6, 6.07) is 3.51. The van der Waals surface area contributed by atoms with Crippen LogP contribution in [-0.2, 0) is 4.79 Å². The van der Waals surface area contributed by atoms with Gasteiger partial charge >= 0.3 is 0 Å². The Morgan fingerprint density at radius 1 is 1.35 bits per heavy atom. The van der Waals surface area contributed by atoms with Crippen LogP contribution in [0.4, 0.5) is 0 Å². The van der Waals surface area contributed by atoms with E-state index in [1.165, 1.54) is 6.42 Å².